The van der Waals surface area contributed by atoms with Gasteiger partial charge in [0, 0.05) is 51.4 Å². The van der Waals surface area contributed by atoms with E-state index in [0.717, 1.165) is 50.8 Å². The number of aryl methyl sites for hydroxylation is 1. The highest BCUT2D eigenvalue weighted by atomic mass is 16.5. The van der Waals surface area contributed by atoms with Crippen LogP contribution >= 0.6 is 0 Å². The number of aliphatic carboxylic acids is 1. The molecule has 0 aliphatic carbocycles. The standard InChI is InChI=1S/C16H25N5O3/c1-11-17-14(19-18-11)8-20-6-12-7-21(13-2-4-24-5-3-13)10-16(12,9-20)15(22)23/h12-13H,2-10H2,1H3,(H,22,23)(H,17,18,19)/t12-,16-/m0/s1. The van der Waals surface area contributed by atoms with Crippen LogP contribution < -0.4 is 0 Å². The van der Waals surface area contributed by atoms with Crippen molar-refractivity contribution in [2.45, 2.75) is 32.4 Å². The summed E-state index contributed by atoms with van der Waals surface area (Å²) < 4.78 is 5.44. The van der Waals surface area contributed by atoms with Gasteiger partial charge < -0.3 is 9.84 Å². The van der Waals surface area contributed by atoms with E-state index in [-0.39, 0.29) is 5.92 Å². The van der Waals surface area contributed by atoms with Crippen molar-refractivity contribution in [3.8, 4) is 0 Å². The van der Waals surface area contributed by atoms with Crippen molar-refractivity contribution in [3.05, 3.63) is 11.6 Å². The van der Waals surface area contributed by atoms with Crippen LogP contribution in [0, 0.1) is 18.3 Å². The van der Waals surface area contributed by atoms with Crippen LogP contribution in [0.5, 0.6) is 0 Å². The molecule has 0 spiro atoms. The summed E-state index contributed by atoms with van der Waals surface area (Å²) in [5, 5.41) is 17.0. The van der Waals surface area contributed by atoms with E-state index in [2.05, 4.69) is 25.0 Å². The average Bonchev–Trinajstić information content (AvgIpc) is 3.21. The molecular weight excluding hydrogens is 310 g/mol. The molecule has 3 aliphatic rings. The van der Waals surface area contributed by atoms with Crippen molar-refractivity contribution >= 4 is 5.97 Å². The molecule has 3 fully saturated rings. The second-order valence-electron chi connectivity index (χ2n) is 7.44. The van der Waals surface area contributed by atoms with E-state index in [1.165, 1.54) is 0 Å². The molecule has 0 bridgehead atoms. The lowest BCUT2D eigenvalue weighted by Gasteiger charge is -2.33. The molecule has 0 aromatic carbocycles. The van der Waals surface area contributed by atoms with Crippen LogP contribution in [0.1, 0.15) is 24.5 Å². The fourth-order valence-electron chi connectivity index (χ4n) is 4.62. The molecule has 2 N–H and O–H groups in total. The number of aromatic nitrogens is 3. The number of likely N-dealkylation sites (tertiary alicyclic amines) is 2. The smallest absolute Gasteiger partial charge is 0.312 e. The first-order valence-electron chi connectivity index (χ1n) is 8.72. The third-order valence-electron chi connectivity index (χ3n) is 5.85. The number of carboxylic acids is 1. The molecule has 1 aromatic rings. The zero-order chi connectivity index (χ0) is 16.7. The Morgan fingerprint density at radius 3 is 2.79 bits per heavy atom. The summed E-state index contributed by atoms with van der Waals surface area (Å²) in [6.07, 6.45) is 2.03. The van der Waals surface area contributed by atoms with E-state index in [1.54, 1.807) is 0 Å². The molecule has 1 aromatic heterocycles. The molecule has 132 valence electrons. The van der Waals surface area contributed by atoms with Crippen LogP contribution in [0.15, 0.2) is 0 Å². The van der Waals surface area contributed by atoms with Crippen molar-refractivity contribution in [3.63, 3.8) is 0 Å². The van der Waals surface area contributed by atoms with Gasteiger partial charge in [0.15, 0.2) is 5.82 Å². The summed E-state index contributed by atoms with van der Waals surface area (Å²) >= 11 is 0. The second-order valence-corrected chi connectivity index (χ2v) is 7.44. The van der Waals surface area contributed by atoms with Crippen molar-refractivity contribution < 1.29 is 14.6 Å². The molecule has 0 saturated carbocycles. The zero-order valence-corrected chi connectivity index (χ0v) is 14.1. The number of rotatable bonds is 4. The molecule has 3 saturated heterocycles. The molecule has 0 unspecified atom stereocenters. The highest BCUT2D eigenvalue weighted by Gasteiger charge is 2.58. The summed E-state index contributed by atoms with van der Waals surface area (Å²) in [6, 6.07) is 0.477. The predicted molar refractivity (Wildman–Crippen MR) is 85.4 cm³/mol. The van der Waals surface area contributed by atoms with Crippen LogP contribution in [0.25, 0.3) is 0 Å². The van der Waals surface area contributed by atoms with E-state index in [9.17, 15) is 9.90 Å². The molecule has 2 atom stereocenters. The molecule has 4 rings (SSSR count). The van der Waals surface area contributed by atoms with Crippen molar-refractivity contribution in [1.29, 1.82) is 0 Å². The lowest BCUT2D eigenvalue weighted by molar-refractivity contribution is -0.149. The van der Waals surface area contributed by atoms with Gasteiger partial charge in [0.05, 0.1) is 12.0 Å². The molecule has 3 aliphatic heterocycles. The van der Waals surface area contributed by atoms with Gasteiger partial charge in [0.25, 0.3) is 0 Å². The maximum atomic E-state index is 12.1. The van der Waals surface area contributed by atoms with Crippen molar-refractivity contribution in [2.75, 3.05) is 39.4 Å². The van der Waals surface area contributed by atoms with Crippen LogP contribution in [0.2, 0.25) is 0 Å². The minimum Gasteiger partial charge on any atom is -0.481 e. The minimum atomic E-state index is -0.657. The van der Waals surface area contributed by atoms with Crippen LogP contribution in [-0.2, 0) is 16.1 Å². The van der Waals surface area contributed by atoms with Gasteiger partial charge in [0.2, 0.25) is 0 Å². The lowest BCUT2D eigenvalue weighted by atomic mass is 9.81. The van der Waals surface area contributed by atoms with Gasteiger partial charge in [-0.2, -0.15) is 5.10 Å². The van der Waals surface area contributed by atoms with Gasteiger partial charge in [0.1, 0.15) is 5.82 Å². The Morgan fingerprint density at radius 1 is 1.38 bits per heavy atom. The van der Waals surface area contributed by atoms with E-state index in [4.69, 9.17) is 4.74 Å². The number of fused-ring (bicyclic) bond motifs is 1. The number of nitrogens with one attached hydrogen (secondary N) is 1. The van der Waals surface area contributed by atoms with E-state index < -0.39 is 11.4 Å². The van der Waals surface area contributed by atoms with Crippen LogP contribution in [0.4, 0.5) is 0 Å². The number of aromatic amines is 1. The molecule has 24 heavy (non-hydrogen) atoms. The summed E-state index contributed by atoms with van der Waals surface area (Å²) in [4.78, 5) is 21.1. The molecule has 4 heterocycles. The monoisotopic (exact) mass is 335 g/mol. The van der Waals surface area contributed by atoms with Crippen molar-refractivity contribution in [1.82, 2.24) is 25.0 Å². The first-order chi connectivity index (χ1) is 11.6. The SMILES string of the molecule is Cc1nc(CN2C[C@H]3CN(C4CCOCC4)C[C@@]3(C(=O)O)C2)n[nH]1. The first kappa shape index (κ1) is 16.0. The van der Waals surface area contributed by atoms with E-state index >= 15 is 0 Å². The third-order valence-corrected chi connectivity index (χ3v) is 5.85. The Labute approximate surface area is 141 Å². The highest BCUT2D eigenvalue weighted by molar-refractivity contribution is 5.77. The summed E-state index contributed by atoms with van der Waals surface area (Å²) in [5.41, 5.74) is -0.649. The molecular formula is C16H25N5O3. The summed E-state index contributed by atoms with van der Waals surface area (Å²) in [5.74, 6) is 1.06. The van der Waals surface area contributed by atoms with E-state index in [1.807, 2.05) is 6.92 Å². The molecule has 0 amide bonds. The van der Waals surface area contributed by atoms with Gasteiger partial charge in [-0.1, -0.05) is 0 Å². The number of hydrogen-bond acceptors (Lipinski definition) is 6. The number of carboxylic acid groups (broad SMARTS) is 1. The van der Waals surface area contributed by atoms with Gasteiger partial charge in [-0.15, -0.1) is 0 Å². The average molecular weight is 335 g/mol. The number of hydrogen-bond donors (Lipinski definition) is 2. The van der Waals surface area contributed by atoms with Gasteiger partial charge >= 0.3 is 5.97 Å². The quantitative estimate of drug-likeness (QED) is 0.806. The topological polar surface area (TPSA) is 94.6 Å². The minimum absolute atomic E-state index is 0.179. The highest BCUT2D eigenvalue weighted by Crippen LogP contribution is 2.44. The molecule has 8 nitrogen and oxygen atoms in total. The first-order valence-corrected chi connectivity index (χ1v) is 8.72. The predicted octanol–water partition coefficient (Wildman–Crippen LogP) is 0.111. The number of nitrogens with zero attached hydrogens (tertiary/aromatic N) is 4. The van der Waals surface area contributed by atoms with Crippen LogP contribution in [-0.4, -0.2) is 81.5 Å². The zero-order valence-electron chi connectivity index (χ0n) is 14.1. The maximum Gasteiger partial charge on any atom is 0.312 e. The summed E-state index contributed by atoms with van der Waals surface area (Å²) in [6.45, 7) is 7.00. The van der Waals surface area contributed by atoms with Crippen LogP contribution in [0.3, 0.4) is 0 Å². The van der Waals surface area contributed by atoms with Crippen molar-refractivity contribution in [2.24, 2.45) is 11.3 Å². The van der Waals surface area contributed by atoms with Gasteiger partial charge in [-0.05, 0) is 19.8 Å². The molecule has 0 radical (unpaired) electrons. The largest absolute Gasteiger partial charge is 0.481 e. The molecule has 8 heteroatoms. The number of carbonyl (C=O) groups is 1. The maximum absolute atomic E-state index is 12.1. The Kier molecular flexibility index (Phi) is 4.06. The fraction of sp³-hybridized carbons (Fsp3) is 0.812. The third kappa shape index (κ3) is 2.72. The Morgan fingerprint density at radius 2 is 2.17 bits per heavy atom. The normalized spacial score (nSPS) is 32.3. The second kappa shape index (κ2) is 6.09. The summed E-state index contributed by atoms with van der Waals surface area (Å²) in [7, 11) is 0. The Bertz CT molecular complexity index is 615. The lowest BCUT2D eigenvalue weighted by Crippen LogP contribution is -2.44. The van der Waals surface area contributed by atoms with E-state index in [0.29, 0.717) is 25.7 Å². The Balaban J connectivity index is 1.45. The van der Waals surface area contributed by atoms with Gasteiger partial charge in [-0.25, -0.2) is 4.98 Å². The number of ether oxygens (including phenoxy) is 1. The fourth-order valence-corrected chi connectivity index (χ4v) is 4.62. The number of H-pyrrole nitrogens is 1. The van der Waals surface area contributed by atoms with Gasteiger partial charge in [-0.3, -0.25) is 19.7 Å². The Hall–Kier alpha value is -1.51.